The van der Waals surface area contributed by atoms with Gasteiger partial charge in [0.2, 0.25) is 0 Å². The molecule has 0 saturated heterocycles. The molecule has 0 aromatic heterocycles. The van der Waals surface area contributed by atoms with E-state index in [1.807, 2.05) is 0 Å². The minimum Gasteiger partial charge on any atom is -0.462 e. The quantitative estimate of drug-likeness (QED) is 0.0222. The van der Waals surface area contributed by atoms with Gasteiger partial charge in [0.1, 0.15) is 19.3 Å². The van der Waals surface area contributed by atoms with Crippen LogP contribution in [0, 0.1) is 11.8 Å². The molecule has 0 aliphatic carbocycles. The first-order chi connectivity index (χ1) is 46.4. The fourth-order valence-corrected chi connectivity index (χ4v) is 13.4. The number of esters is 4. The predicted molar refractivity (Wildman–Crippen MR) is 391 cm³/mol. The lowest BCUT2D eigenvalue weighted by molar-refractivity contribution is -0.161. The van der Waals surface area contributed by atoms with Gasteiger partial charge in [-0.15, -0.1) is 0 Å². The molecular weight excluding hydrogens is 1260 g/mol. The van der Waals surface area contributed by atoms with Gasteiger partial charge in [-0.2, -0.15) is 0 Å². The van der Waals surface area contributed by atoms with Crippen molar-refractivity contribution < 1.29 is 80.2 Å². The van der Waals surface area contributed by atoms with Crippen LogP contribution >= 0.6 is 15.6 Å². The Kier molecular flexibility index (Phi) is 67.4. The van der Waals surface area contributed by atoms with Crippen LogP contribution in [0.15, 0.2) is 0 Å². The zero-order valence-corrected chi connectivity index (χ0v) is 64.5. The number of ether oxygens (including phenoxy) is 4. The Bertz CT molecular complexity index is 1860. The summed E-state index contributed by atoms with van der Waals surface area (Å²) in [4.78, 5) is 72.7. The zero-order chi connectivity index (χ0) is 70.7. The molecule has 96 heavy (non-hydrogen) atoms. The molecule has 3 unspecified atom stereocenters. The summed E-state index contributed by atoms with van der Waals surface area (Å²) >= 11 is 0. The molecule has 0 heterocycles. The van der Waals surface area contributed by atoms with E-state index in [-0.39, 0.29) is 25.7 Å². The number of aliphatic hydroxyl groups excluding tert-OH is 1. The van der Waals surface area contributed by atoms with E-state index in [1.165, 1.54) is 212 Å². The van der Waals surface area contributed by atoms with Crippen molar-refractivity contribution in [1.82, 2.24) is 0 Å². The first-order valence-electron chi connectivity index (χ1n) is 40.0. The van der Waals surface area contributed by atoms with E-state index >= 15 is 0 Å². The third kappa shape index (κ3) is 69.2. The highest BCUT2D eigenvalue weighted by molar-refractivity contribution is 7.47. The molecule has 0 fully saturated rings. The Labute approximate surface area is 588 Å². The lowest BCUT2D eigenvalue weighted by Crippen LogP contribution is -2.30. The molecule has 0 aliphatic heterocycles. The standard InChI is InChI=1S/C77H150O17P2/c1-7-10-12-14-16-18-19-20-21-22-23-24-25-26-27-28-29-30-37-43-49-55-61-76(81)93-73(66-88-75(80)60-54-48-42-36-32-31-35-40-46-52-58-70(6)9-3)68-92-96(85,86)90-64-71(78)63-89-95(83,84)91-67-72(65-87-74(79)59-53-47-41-17-15-13-11-8-2)94-77(82)62-56-50-44-38-33-34-39-45-51-57-69(4)5/h69-73,78H,7-68H2,1-6H3,(H,83,84)(H,85,86)/t70?,71-,72+,73+/m0/s1. The smallest absolute Gasteiger partial charge is 0.462 e. The SMILES string of the molecule is CCCCCCCCCCCCCCCCCCCCCCCCC(=O)O[C@H](COC(=O)CCCCCCCCCCCCC(C)CC)COP(=O)(O)OC[C@@H](O)COP(=O)(O)OC[C@@H](COC(=O)CCCCCCCCCC)OC(=O)CCCCCCCCCCCC(C)C. The van der Waals surface area contributed by atoms with Gasteiger partial charge >= 0.3 is 39.5 Å². The zero-order valence-electron chi connectivity index (χ0n) is 62.7. The third-order valence-electron chi connectivity index (χ3n) is 18.3. The van der Waals surface area contributed by atoms with Crippen LogP contribution in [0.4, 0.5) is 0 Å². The van der Waals surface area contributed by atoms with Crippen LogP contribution in [0.3, 0.4) is 0 Å². The molecule has 0 rings (SSSR count). The summed E-state index contributed by atoms with van der Waals surface area (Å²) in [5.41, 5.74) is 0. The van der Waals surface area contributed by atoms with E-state index in [9.17, 15) is 43.2 Å². The average Bonchev–Trinajstić information content (AvgIpc) is 1.46. The van der Waals surface area contributed by atoms with Gasteiger partial charge in [-0.3, -0.25) is 37.3 Å². The monoisotopic (exact) mass is 1410 g/mol. The lowest BCUT2D eigenvalue weighted by Gasteiger charge is -2.21. The van der Waals surface area contributed by atoms with Gasteiger partial charge < -0.3 is 33.8 Å². The van der Waals surface area contributed by atoms with Gasteiger partial charge in [-0.05, 0) is 37.5 Å². The second-order valence-electron chi connectivity index (χ2n) is 28.5. The van der Waals surface area contributed by atoms with Crippen LogP contribution in [-0.2, 0) is 65.4 Å². The number of aliphatic hydroxyl groups is 1. The molecule has 3 N–H and O–H groups in total. The van der Waals surface area contributed by atoms with Gasteiger partial charge in [0.25, 0.3) is 0 Å². The topological polar surface area (TPSA) is 237 Å². The van der Waals surface area contributed by atoms with E-state index in [0.29, 0.717) is 25.7 Å². The van der Waals surface area contributed by atoms with E-state index in [1.54, 1.807) is 0 Å². The Hall–Kier alpha value is -1.94. The van der Waals surface area contributed by atoms with Gasteiger partial charge in [0, 0.05) is 25.7 Å². The number of carbonyl (C=O) groups excluding carboxylic acids is 4. The van der Waals surface area contributed by atoms with Crippen molar-refractivity contribution in [3.8, 4) is 0 Å². The Morgan fingerprint density at radius 3 is 0.792 bits per heavy atom. The summed E-state index contributed by atoms with van der Waals surface area (Å²) in [6, 6.07) is 0. The van der Waals surface area contributed by atoms with Gasteiger partial charge in [0.05, 0.1) is 26.4 Å². The molecule has 0 aromatic carbocycles. The first kappa shape index (κ1) is 94.1. The predicted octanol–water partition coefficient (Wildman–Crippen LogP) is 22.7. The maximum absolute atomic E-state index is 13.1. The number of hydrogen-bond acceptors (Lipinski definition) is 15. The molecule has 19 heteroatoms. The van der Waals surface area contributed by atoms with Crippen LogP contribution in [0.1, 0.15) is 401 Å². The van der Waals surface area contributed by atoms with Crippen LogP contribution < -0.4 is 0 Å². The summed E-state index contributed by atoms with van der Waals surface area (Å²) in [6.45, 7) is 9.57. The van der Waals surface area contributed by atoms with Crippen LogP contribution in [-0.4, -0.2) is 96.7 Å². The Balaban J connectivity index is 5.17. The maximum atomic E-state index is 13.1. The van der Waals surface area contributed by atoms with Crippen molar-refractivity contribution >= 4 is 39.5 Å². The van der Waals surface area contributed by atoms with Crippen LogP contribution in [0.2, 0.25) is 0 Å². The van der Waals surface area contributed by atoms with E-state index in [0.717, 1.165) is 108 Å². The van der Waals surface area contributed by atoms with Crippen LogP contribution in [0.25, 0.3) is 0 Å². The highest BCUT2D eigenvalue weighted by Crippen LogP contribution is 2.45. The molecule has 0 saturated carbocycles. The molecular formula is C77H150O17P2. The normalized spacial score (nSPS) is 14.3. The fourth-order valence-electron chi connectivity index (χ4n) is 11.8. The number of carbonyl (C=O) groups is 4. The van der Waals surface area contributed by atoms with Crippen molar-refractivity contribution in [3.63, 3.8) is 0 Å². The molecule has 570 valence electrons. The number of hydrogen-bond donors (Lipinski definition) is 3. The largest absolute Gasteiger partial charge is 0.472 e. The molecule has 0 bridgehead atoms. The first-order valence-corrected chi connectivity index (χ1v) is 43.0. The summed E-state index contributed by atoms with van der Waals surface area (Å²) in [6.07, 6.45) is 57.1. The number of rotatable bonds is 76. The summed E-state index contributed by atoms with van der Waals surface area (Å²) in [7, 11) is -9.91. The van der Waals surface area contributed by atoms with Gasteiger partial charge in [0.15, 0.2) is 12.2 Å². The third-order valence-corrected chi connectivity index (χ3v) is 20.2. The minimum absolute atomic E-state index is 0.105. The summed E-state index contributed by atoms with van der Waals surface area (Å²) in [5, 5.41) is 10.6. The van der Waals surface area contributed by atoms with Crippen LogP contribution in [0.5, 0.6) is 0 Å². The number of phosphoric ester groups is 2. The molecule has 17 nitrogen and oxygen atoms in total. The highest BCUT2D eigenvalue weighted by atomic mass is 31.2. The molecule has 6 atom stereocenters. The van der Waals surface area contributed by atoms with Gasteiger partial charge in [-0.25, -0.2) is 9.13 Å². The summed E-state index contributed by atoms with van der Waals surface area (Å²) in [5.74, 6) is -0.573. The van der Waals surface area contributed by atoms with Crippen molar-refractivity contribution in [2.75, 3.05) is 39.6 Å². The number of phosphoric acid groups is 2. The minimum atomic E-state index is -4.96. The van der Waals surface area contributed by atoms with E-state index < -0.39 is 97.5 Å². The van der Waals surface area contributed by atoms with Crippen molar-refractivity contribution in [2.24, 2.45) is 11.8 Å². The molecule has 0 spiro atoms. The molecule has 0 aromatic rings. The number of unbranched alkanes of at least 4 members (excludes halogenated alkanes) is 45. The fraction of sp³-hybridized carbons (Fsp3) is 0.948. The Morgan fingerprint density at radius 2 is 0.531 bits per heavy atom. The average molecular weight is 1410 g/mol. The van der Waals surface area contributed by atoms with Gasteiger partial charge in [-0.1, -0.05) is 350 Å². The molecule has 0 amide bonds. The second-order valence-corrected chi connectivity index (χ2v) is 31.4. The van der Waals surface area contributed by atoms with Crippen molar-refractivity contribution in [1.29, 1.82) is 0 Å². The molecule has 0 radical (unpaired) electrons. The maximum Gasteiger partial charge on any atom is 0.472 e. The molecule has 0 aliphatic rings. The summed E-state index contributed by atoms with van der Waals surface area (Å²) < 4.78 is 68.5. The van der Waals surface area contributed by atoms with E-state index in [2.05, 4.69) is 41.5 Å². The van der Waals surface area contributed by atoms with E-state index in [4.69, 9.17) is 37.0 Å². The lowest BCUT2D eigenvalue weighted by atomic mass is 9.99. The highest BCUT2D eigenvalue weighted by Gasteiger charge is 2.30. The van der Waals surface area contributed by atoms with Crippen molar-refractivity contribution in [3.05, 3.63) is 0 Å². The Morgan fingerprint density at radius 1 is 0.302 bits per heavy atom. The van der Waals surface area contributed by atoms with Crippen molar-refractivity contribution in [2.45, 2.75) is 419 Å². The second kappa shape index (κ2) is 68.8.